The number of fused-ring (bicyclic) bond motifs is 1. The number of rotatable bonds is 7. The van der Waals surface area contributed by atoms with Gasteiger partial charge in [-0.2, -0.15) is 0 Å². The van der Waals surface area contributed by atoms with E-state index in [4.69, 9.17) is 0 Å². The zero-order chi connectivity index (χ0) is 22.0. The molecular formula is C21H19N5O3S2. The van der Waals surface area contributed by atoms with Gasteiger partial charge in [-0.05, 0) is 26.0 Å². The Balaban J connectivity index is 1.55. The van der Waals surface area contributed by atoms with Crippen LogP contribution in [0.5, 0.6) is 0 Å². The summed E-state index contributed by atoms with van der Waals surface area (Å²) in [6, 6.07) is 14.3. The molecule has 10 heteroatoms. The molecule has 2 heterocycles. The number of hydrogen-bond donors (Lipinski definition) is 1. The number of nitrogens with zero attached hydrogens (tertiary/aromatic N) is 4. The molecule has 0 atom stereocenters. The van der Waals surface area contributed by atoms with E-state index < -0.39 is 4.92 Å². The Kier molecular flexibility index (Phi) is 6.01. The molecule has 4 rings (SSSR count). The minimum atomic E-state index is -0.518. The second-order valence-corrected chi connectivity index (χ2v) is 8.88. The van der Waals surface area contributed by atoms with Crippen molar-refractivity contribution in [1.82, 2.24) is 14.8 Å². The highest BCUT2D eigenvalue weighted by atomic mass is 32.2. The van der Waals surface area contributed by atoms with Gasteiger partial charge in [-0.3, -0.25) is 19.5 Å². The first kappa shape index (κ1) is 21.0. The number of nitrogens with one attached hydrogen (secondary N) is 1. The third kappa shape index (κ3) is 4.30. The van der Waals surface area contributed by atoms with Crippen molar-refractivity contribution in [2.75, 3.05) is 11.1 Å². The molecule has 8 nitrogen and oxygen atoms in total. The van der Waals surface area contributed by atoms with Crippen molar-refractivity contribution >= 4 is 50.5 Å². The maximum Gasteiger partial charge on any atom is 0.292 e. The van der Waals surface area contributed by atoms with E-state index in [1.807, 2.05) is 30.5 Å². The fourth-order valence-electron chi connectivity index (χ4n) is 3.23. The molecule has 31 heavy (non-hydrogen) atoms. The molecule has 4 aromatic rings. The van der Waals surface area contributed by atoms with E-state index in [2.05, 4.69) is 33.0 Å². The quantitative estimate of drug-likeness (QED) is 0.229. The maximum absolute atomic E-state index is 12.4. The molecule has 0 unspecified atom stereocenters. The second kappa shape index (κ2) is 8.86. The monoisotopic (exact) mass is 453 g/mol. The van der Waals surface area contributed by atoms with Crippen LogP contribution >= 0.6 is 23.1 Å². The first-order chi connectivity index (χ1) is 15.0. The van der Waals surface area contributed by atoms with Gasteiger partial charge in [-0.25, -0.2) is 0 Å². The lowest BCUT2D eigenvalue weighted by Gasteiger charge is -2.13. The third-order valence-electron chi connectivity index (χ3n) is 4.61. The number of aromatic nitrogens is 3. The summed E-state index contributed by atoms with van der Waals surface area (Å²) < 4.78 is 3.19. The zero-order valence-electron chi connectivity index (χ0n) is 16.8. The highest BCUT2D eigenvalue weighted by Crippen LogP contribution is 2.36. The molecular weight excluding hydrogens is 434 g/mol. The van der Waals surface area contributed by atoms with Gasteiger partial charge in [0, 0.05) is 33.1 Å². The molecule has 2 aromatic carbocycles. The van der Waals surface area contributed by atoms with E-state index in [9.17, 15) is 14.9 Å². The Morgan fingerprint density at radius 3 is 2.71 bits per heavy atom. The summed E-state index contributed by atoms with van der Waals surface area (Å²) in [6.45, 7) is 4.08. The molecule has 1 N–H and O–H groups in total. The standard InChI is InChI=1S/C21H19N5O3S2/c1-13(2)25-20(15-11-30-18-10-6-3-7-14(15)18)23-24-21(25)31-12-19(27)22-16-8-4-5-9-17(16)26(28)29/h3-11,13H,12H2,1-2H3,(H,22,27). The lowest BCUT2D eigenvalue weighted by molar-refractivity contribution is -0.383. The van der Waals surface area contributed by atoms with Crippen molar-refractivity contribution in [2.24, 2.45) is 0 Å². The van der Waals surface area contributed by atoms with Crippen LogP contribution in [0.2, 0.25) is 0 Å². The molecule has 0 saturated heterocycles. The van der Waals surface area contributed by atoms with Crippen molar-refractivity contribution in [3.05, 3.63) is 64.0 Å². The first-order valence-corrected chi connectivity index (χ1v) is 11.4. The van der Waals surface area contributed by atoms with E-state index in [0.29, 0.717) is 5.16 Å². The minimum absolute atomic E-state index is 0.0568. The van der Waals surface area contributed by atoms with Crippen LogP contribution in [0.3, 0.4) is 0 Å². The van der Waals surface area contributed by atoms with Gasteiger partial charge in [-0.15, -0.1) is 21.5 Å². The normalized spacial score (nSPS) is 11.2. The largest absolute Gasteiger partial charge is 0.320 e. The predicted molar refractivity (Wildman–Crippen MR) is 124 cm³/mol. The molecule has 1 amide bonds. The molecule has 0 bridgehead atoms. The molecule has 0 spiro atoms. The van der Waals surface area contributed by atoms with Crippen LogP contribution in [0.4, 0.5) is 11.4 Å². The zero-order valence-corrected chi connectivity index (χ0v) is 18.4. The van der Waals surface area contributed by atoms with E-state index >= 15 is 0 Å². The molecule has 0 aliphatic rings. The summed E-state index contributed by atoms with van der Waals surface area (Å²) in [4.78, 5) is 23.1. The summed E-state index contributed by atoms with van der Waals surface area (Å²) in [7, 11) is 0. The van der Waals surface area contributed by atoms with Crippen molar-refractivity contribution in [3.8, 4) is 11.4 Å². The van der Waals surface area contributed by atoms with Crippen LogP contribution in [0.15, 0.2) is 59.1 Å². The van der Waals surface area contributed by atoms with Crippen molar-refractivity contribution in [1.29, 1.82) is 0 Å². The second-order valence-electron chi connectivity index (χ2n) is 7.03. The predicted octanol–water partition coefficient (Wildman–Crippen LogP) is 5.38. The van der Waals surface area contributed by atoms with Gasteiger partial charge in [0.25, 0.3) is 5.69 Å². The average Bonchev–Trinajstić information content (AvgIpc) is 3.36. The molecule has 0 saturated carbocycles. The fraction of sp³-hybridized carbons (Fsp3) is 0.190. The van der Waals surface area contributed by atoms with Crippen LogP contribution < -0.4 is 5.32 Å². The highest BCUT2D eigenvalue weighted by Gasteiger charge is 2.21. The van der Waals surface area contributed by atoms with Gasteiger partial charge in [0.05, 0.1) is 10.7 Å². The van der Waals surface area contributed by atoms with Crippen LogP contribution in [0.1, 0.15) is 19.9 Å². The maximum atomic E-state index is 12.4. The van der Waals surface area contributed by atoms with E-state index in [0.717, 1.165) is 16.8 Å². The molecule has 0 aliphatic carbocycles. The highest BCUT2D eigenvalue weighted by molar-refractivity contribution is 7.99. The Morgan fingerprint density at radius 1 is 1.19 bits per heavy atom. The van der Waals surface area contributed by atoms with Crippen LogP contribution in [-0.4, -0.2) is 31.3 Å². The Hall–Kier alpha value is -3.24. The van der Waals surface area contributed by atoms with Gasteiger partial charge in [0.1, 0.15) is 5.69 Å². The number of carbonyl (C=O) groups excluding carboxylic acids is 1. The van der Waals surface area contributed by atoms with Crippen LogP contribution in [0, 0.1) is 10.1 Å². The average molecular weight is 454 g/mol. The molecule has 0 aliphatic heterocycles. The number of carbonyl (C=O) groups is 1. The van der Waals surface area contributed by atoms with Crippen LogP contribution in [-0.2, 0) is 4.79 Å². The van der Waals surface area contributed by atoms with Crippen molar-refractivity contribution in [3.63, 3.8) is 0 Å². The van der Waals surface area contributed by atoms with Crippen molar-refractivity contribution in [2.45, 2.75) is 25.0 Å². The molecule has 0 radical (unpaired) electrons. The smallest absolute Gasteiger partial charge is 0.292 e. The summed E-state index contributed by atoms with van der Waals surface area (Å²) in [5, 5.41) is 26.3. The fourth-order valence-corrected chi connectivity index (χ4v) is 5.04. The van der Waals surface area contributed by atoms with Crippen molar-refractivity contribution < 1.29 is 9.72 Å². The number of nitro benzene ring substituents is 1. The Bertz CT molecular complexity index is 1260. The first-order valence-electron chi connectivity index (χ1n) is 9.53. The summed E-state index contributed by atoms with van der Waals surface area (Å²) >= 11 is 2.91. The number of nitro groups is 1. The number of amides is 1. The Labute approximate surface area is 186 Å². The van der Waals surface area contributed by atoms with E-state index in [1.54, 1.807) is 23.5 Å². The van der Waals surface area contributed by atoms with Gasteiger partial charge in [0.15, 0.2) is 11.0 Å². The number of thiophene rings is 1. The van der Waals surface area contributed by atoms with Gasteiger partial charge < -0.3 is 5.32 Å². The third-order valence-corrected chi connectivity index (χ3v) is 6.52. The molecule has 158 valence electrons. The topological polar surface area (TPSA) is 103 Å². The number of thioether (sulfide) groups is 1. The van der Waals surface area contributed by atoms with Gasteiger partial charge >= 0.3 is 0 Å². The summed E-state index contributed by atoms with van der Waals surface area (Å²) in [6.07, 6.45) is 0. The summed E-state index contributed by atoms with van der Waals surface area (Å²) in [5.74, 6) is 0.468. The lowest BCUT2D eigenvalue weighted by Crippen LogP contribution is -2.16. The van der Waals surface area contributed by atoms with Gasteiger partial charge in [-0.1, -0.05) is 42.1 Å². The molecule has 0 fully saturated rings. The molecule has 2 aromatic heterocycles. The number of anilines is 1. The van der Waals surface area contributed by atoms with Crippen LogP contribution in [0.25, 0.3) is 21.5 Å². The van der Waals surface area contributed by atoms with Gasteiger partial charge in [0.2, 0.25) is 5.91 Å². The SMILES string of the molecule is CC(C)n1c(SCC(=O)Nc2ccccc2[N+](=O)[O-])nnc1-c1csc2ccccc12. The number of para-hydroxylation sites is 2. The minimum Gasteiger partial charge on any atom is -0.320 e. The number of benzene rings is 2. The Morgan fingerprint density at radius 2 is 1.94 bits per heavy atom. The summed E-state index contributed by atoms with van der Waals surface area (Å²) in [5.41, 5.74) is 1.05. The van der Waals surface area contributed by atoms with E-state index in [1.165, 1.54) is 28.6 Å². The van der Waals surface area contributed by atoms with E-state index in [-0.39, 0.29) is 29.1 Å². The lowest BCUT2D eigenvalue weighted by atomic mass is 10.1. The number of hydrogen-bond acceptors (Lipinski definition) is 7.